The lowest BCUT2D eigenvalue weighted by atomic mass is 10.0. The zero-order valence-electron chi connectivity index (χ0n) is 22.4. The molecule has 2 aromatic rings. The number of likely N-dealkylation sites (N-methyl/N-ethyl adjacent to an activating group) is 1. The van der Waals surface area contributed by atoms with Crippen molar-refractivity contribution in [3.8, 4) is 0 Å². The predicted molar refractivity (Wildman–Crippen MR) is 144 cm³/mol. The van der Waals surface area contributed by atoms with Crippen LogP contribution in [0.4, 0.5) is 5.69 Å². The number of nitrogens with zero attached hydrogens (tertiary/aromatic N) is 3. The molecule has 2 aromatic heterocycles. The summed E-state index contributed by atoms with van der Waals surface area (Å²) in [7, 11) is 2.88. The molecule has 0 saturated carbocycles. The molecule has 0 aliphatic heterocycles. The van der Waals surface area contributed by atoms with Crippen LogP contribution in [0, 0.1) is 5.92 Å². The number of carbonyl (C=O) groups excluding carboxylic acids is 5. The molecule has 39 heavy (non-hydrogen) atoms. The van der Waals surface area contributed by atoms with Gasteiger partial charge in [0.25, 0.3) is 17.4 Å². The molecule has 0 aromatic carbocycles. The van der Waals surface area contributed by atoms with Gasteiger partial charge in [-0.25, -0.2) is 4.98 Å². The molecule has 4 N–H and O–H groups in total. The fourth-order valence-electron chi connectivity index (χ4n) is 3.68. The summed E-state index contributed by atoms with van der Waals surface area (Å²) in [6.45, 7) is 4.20. The number of aryl methyl sites for hydroxylation is 1. The van der Waals surface area contributed by atoms with Crippen molar-refractivity contribution in [3.05, 3.63) is 45.9 Å². The van der Waals surface area contributed by atoms with E-state index in [2.05, 4.69) is 26.3 Å². The molecule has 0 aliphatic carbocycles. The van der Waals surface area contributed by atoms with Crippen molar-refractivity contribution in [2.24, 2.45) is 13.0 Å². The zero-order valence-corrected chi connectivity index (χ0v) is 23.1. The summed E-state index contributed by atoms with van der Waals surface area (Å²) in [5.41, 5.74) is -0.767. The van der Waals surface area contributed by atoms with E-state index in [0.717, 1.165) is 17.4 Å². The van der Waals surface area contributed by atoms with Gasteiger partial charge in [0.05, 0.1) is 17.5 Å². The Balaban J connectivity index is 2.22. The Hall–Kier alpha value is -4.00. The Bertz CT molecular complexity index is 1270. The summed E-state index contributed by atoms with van der Waals surface area (Å²) < 4.78 is 2.50. The molecule has 0 saturated heterocycles. The molecule has 4 amide bonds. The SMILES string of the molecule is CCC(CC)CNC(=O)Cn1cc(Cl)cc(NC(=O)[C@H](CCC(=O)C(=O)NC)NC(=O)c2cncn2C)c1=O. The van der Waals surface area contributed by atoms with Gasteiger partial charge in [0.15, 0.2) is 0 Å². The Morgan fingerprint density at radius 3 is 2.41 bits per heavy atom. The summed E-state index contributed by atoms with van der Waals surface area (Å²) >= 11 is 6.15. The maximum absolute atomic E-state index is 13.2. The van der Waals surface area contributed by atoms with Crippen LogP contribution in [-0.2, 0) is 32.8 Å². The zero-order chi connectivity index (χ0) is 29.1. The summed E-state index contributed by atoms with van der Waals surface area (Å²) in [4.78, 5) is 78.8. The van der Waals surface area contributed by atoms with Crippen molar-refractivity contribution >= 4 is 46.7 Å². The fraction of sp³-hybridized carbons (Fsp3) is 0.480. The van der Waals surface area contributed by atoms with E-state index in [0.29, 0.717) is 12.5 Å². The third-order valence-corrected chi connectivity index (χ3v) is 6.39. The molecule has 2 rings (SSSR count). The minimum Gasteiger partial charge on any atom is -0.354 e. The molecular weight excluding hydrogens is 530 g/mol. The first kappa shape index (κ1) is 31.2. The van der Waals surface area contributed by atoms with Crippen molar-refractivity contribution in [1.29, 1.82) is 0 Å². The number of pyridine rings is 1. The first-order valence-electron chi connectivity index (χ1n) is 12.5. The number of imidazole rings is 1. The minimum absolute atomic E-state index is 0.0861. The second kappa shape index (κ2) is 14.8. The number of halogens is 1. The first-order valence-corrected chi connectivity index (χ1v) is 12.9. The summed E-state index contributed by atoms with van der Waals surface area (Å²) in [6.07, 6.45) is 5.20. The van der Waals surface area contributed by atoms with Crippen LogP contribution in [0.3, 0.4) is 0 Å². The molecule has 0 spiro atoms. The van der Waals surface area contributed by atoms with Crippen molar-refractivity contribution in [1.82, 2.24) is 30.1 Å². The highest BCUT2D eigenvalue weighted by Crippen LogP contribution is 2.13. The van der Waals surface area contributed by atoms with Gasteiger partial charge in [-0.05, 0) is 18.4 Å². The van der Waals surface area contributed by atoms with E-state index < -0.39 is 41.0 Å². The van der Waals surface area contributed by atoms with E-state index in [4.69, 9.17) is 11.6 Å². The molecule has 0 aliphatic rings. The maximum Gasteiger partial charge on any atom is 0.287 e. The van der Waals surface area contributed by atoms with E-state index in [-0.39, 0.29) is 35.8 Å². The number of rotatable bonds is 14. The average Bonchev–Trinajstić information content (AvgIpc) is 3.34. The molecular formula is C25H34ClN7O6. The second-order valence-electron chi connectivity index (χ2n) is 8.94. The van der Waals surface area contributed by atoms with Crippen LogP contribution in [0.1, 0.15) is 50.0 Å². The fourth-order valence-corrected chi connectivity index (χ4v) is 3.90. The maximum atomic E-state index is 13.2. The van der Waals surface area contributed by atoms with Crippen molar-refractivity contribution in [2.75, 3.05) is 18.9 Å². The molecule has 0 unspecified atom stereocenters. The van der Waals surface area contributed by atoms with Crippen LogP contribution >= 0.6 is 11.6 Å². The second-order valence-corrected chi connectivity index (χ2v) is 9.37. The number of aromatic nitrogens is 3. The summed E-state index contributed by atoms with van der Waals surface area (Å²) in [6, 6.07) is -0.0769. The molecule has 2 heterocycles. The standard InChI is InChI=1S/C25H34ClN7O6/c1-5-15(6-2)10-29-21(35)13-33-12-16(26)9-18(25(33)39)31-22(36)17(7-8-20(34)24(38)27-3)30-23(37)19-11-28-14-32(19)4/h9,11-12,14-15,17H,5-8,10,13H2,1-4H3,(H,27,38)(H,29,35)(H,30,37)(H,31,36)/t17-/m0/s1. The first-order chi connectivity index (χ1) is 18.5. The van der Waals surface area contributed by atoms with E-state index in [9.17, 15) is 28.8 Å². The third-order valence-electron chi connectivity index (χ3n) is 6.18. The number of carbonyl (C=O) groups is 5. The highest BCUT2D eigenvalue weighted by atomic mass is 35.5. The molecule has 212 valence electrons. The lowest BCUT2D eigenvalue weighted by Gasteiger charge is -2.19. The van der Waals surface area contributed by atoms with Gasteiger partial charge in [-0.15, -0.1) is 0 Å². The number of Topliss-reactive ketones (excluding diaryl/α,β-unsaturated/α-hetero) is 1. The number of ketones is 1. The van der Waals surface area contributed by atoms with Crippen molar-refractivity contribution in [2.45, 2.75) is 52.1 Å². The van der Waals surface area contributed by atoms with Crippen LogP contribution in [0.15, 0.2) is 29.6 Å². The van der Waals surface area contributed by atoms with Crippen LogP contribution in [0.5, 0.6) is 0 Å². The molecule has 14 heteroatoms. The minimum atomic E-state index is -1.30. The van der Waals surface area contributed by atoms with Crippen LogP contribution in [-0.4, -0.2) is 63.2 Å². The summed E-state index contributed by atoms with van der Waals surface area (Å²) in [5, 5.41) is 10.0. The highest BCUT2D eigenvalue weighted by Gasteiger charge is 2.26. The van der Waals surface area contributed by atoms with Crippen molar-refractivity contribution < 1.29 is 24.0 Å². The van der Waals surface area contributed by atoms with Crippen LogP contribution < -0.4 is 26.8 Å². The number of anilines is 1. The van der Waals surface area contributed by atoms with Gasteiger partial charge < -0.3 is 30.4 Å². The van der Waals surface area contributed by atoms with Gasteiger partial charge in [-0.2, -0.15) is 0 Å². The lowest BCUT2D eigenvalue weighted by molar-refractivity contribution is -0.137. The topological polar surface area (TPSA) is 173 Å². The monoisotopic (exact) mass is 563 g/mol. The number of amides is 4. The normalized spacial score (nSPS) is 11.5. The molecule has 0 fully saturated rings. The predicted octanol–water partition coefficient (Wildman–Crippen LogP) is 0.620. The quantitative estimate of drug-likeness (QED) is 0.244. The smallest absolute Gasteiger partial charge is 0.287 e. The van der Waals surface area contributed by atoms with Gasteiger partial charge in [0, 0.05) is 33.3 Å². The van der Waals surface area contributed by atoms with E-state index in [1.54, 1.807) is 7.05 Å². The van der Waals surface area contributed by atoms with E-state index in [1.807, 2.05) is 13.8 Å². The number of hydrogen-bond donors (Lipinski definition) is 4. The number of nitrogens with one attached hydrogen (secondary N) is 4. The Labute approximate surface area is 230 Å². The summed E-state index contributed by atoms with van der Waals surface area (Å²) in [5.74, 6) is -3.17. The largest absolute Gasteiger partial charge is 0.354 e. The van der Waals surface area contributed by atoms with Crippen LogP contribution in [0.2, 0.25) is 5.02 Å². The van der Waals surface area contributed by atoms with Gasteiger partial charge in [-0.3, -0.25) is 28.8 Å². The highest BCUT2D eigenvalue weighted by molar-refractivity contribution is 6.36. The van der Waals surface area contributed by atoms with Crippen molar-refractivity contribution in [3.63, 3.8) is 0 Å². The van der Waals surface area contributed by atoms with E-state index >= 15 is 0 Å². The number of hydrogen-bond acceptors (Lipinski definition) is 7. The van der Waals surface area contributed by atoms with Gasteiger partial charge in [0.1, 0.15) is 24.0 Å². The lowest BCUT2D eigenvalue weighted by Crippen LogP contribution is -2.45. The average molecular weight is 564 g/mol. The Kier molecular flexibility index (Phi) is 11.9. The van der Waals surface area contributed by atoms with Gasteiger partial charge >= 0.3 is 0 Å². The molecule has 0 bridgehead atoms. The van der Waals surface area contributed by atoms with Gasteiger partial charge in [0.2, 0.25) is 17.6 Å². The van der Waals surface area contributed by atoms with Gasteiger partial charge in [-0.1, -0.05) is 38.3 Å². The molecule has 1 atom stereocenters. The Morgan fingerprint density at radius 2 is 1.82 bits per heavy atom. The van der Waals surface area contributed by atoms with E-state index in [1.165, 1.54) is 36.4 Å². The third kappa shape index (κ3) is 9.06. The Morgan fingerprint density at radius 1 is 1.13 bits per heavy atom. The molecule has 13 nitrogen and oxygen atoms in total. The molecule has 0 radical (unpaired) electrons. The van der Waals surface area contributed by atoms with Crippen LogP contribution in [0.25, 0.3) is 0 Å².